The molecule has 5 nitrogen and oxygen atoms in total. The molecule has 0 bridgehead atoms. The second kappa shape index (κ2) is 7.13. The van der Waals surface area contributed by atoms with Crippen molar-refractivity contribution in [2.24, 2.45) is 0 Å². The van der Waals surface area contributed by atoms with Crippen molar-refractivity contribution in [3.63, 3.8) is 0 Å². The van der Waals surface area contributed by atoms with Crippen LogP contribution in [-0.2, 0) is 16.0 Å². The zero-order chi connectivity index (χ0) is 19.0. The van der Waals surface area contributed by atoms with Crippen molar-refractivity contribution in [3.8, 4) is 0 Å². The predicted molar refractivity (Wildman–Crippen MR) is 101 cm³/mol. The largest absolute Gasteiger partial charge is 0.361 e. The molecular formula is C20H18ClFN3O2+. The number of halogens is 2. The number of imide groups is 1. The van der Waals surface area contributed by atoms with Gasteiger partial charge < -0.3 is 10.3 Å². The Labute approximate surface area is 160 Å². The normalized spacial score (nSPS) is 17.3. The van der Waals surface area contributed by atoms with Crippen LogP contribution in [0.4, 0.5) is 10.1 Å². The number of rotatable bonds is 5. The molecule has 0 radical (unpaired) electrons. The number of para-hydroxylation sites is 1. The number of anilines is 1. The molecule has 1 fully saturated rings. The number of hydrogen-bond acceptors (Lipinski definition) is 2. The first-order valence-corrected chi connectivity index (χ1v) is 9.12. The molecule has 1 atom stereocenters. The molecule has 0 saturated carbocycles. The van der Waals surface area contributed by atoms with Crippen LogP contribution in [0.25, 0.3) is 10.9 Å². The number of aromatic nitrogens is 1. The molecule has 4 rings (SSSR count). The van der Waals surface area contributed by atoms with Crippen LogP contribution in [0.2, 0.25) is 5.02 Å². The van der Waals surface area contributed by atoms with Crippen LogP contribution in [0.5, 0.6) is 0 Å². The van der Waals surface area contributed by atoms with E-state index in [1.54, 1.807) is 0 Å². The van der Waals surface area contributed by atoms with Crippen molar-refractivity contribution in [3.05, 3.63) is 65.1 Å². The monoisotopic (exact) mass is 386 g/mol. The molecule has 1 aromatic heterocycles. The summed E-state index contributed by atoms with van der Waals surface area (Å²) in [4.78, 5) is 29.3. The van der Waals surface area contributed by atoms with Crippen LogP contribution >= 0.6 is 11.6 Å². The van der Waals surface area contributed by atoms with Gasteiger partial charge in [-0.2, -0.15) is 0 Å². The summed E-state index contributed by atoms with van der Waals surface area (Å²) >= 11 is 5.78. The van der Waals surface area contributed by atoms with Crippen LogP contribution in [0, 0.1) is 5.82 Å². The van der Waals surface area contributed by atoms with E-state index in [4.69, 9.17) is 11.6 Å². The number of nitrogens with zero attached hydrogens (tertiary/aromatic N) is 1. The molecule has 0 aliphatic carbocycles. The summed E-state index contributed by atoms with van der Waals surface area (Å²) in [5.74, 6) is -1.17. The fourth-order valence-corrected chi connectivity index (χ4v) is 3.69. The lowest BCUT2D eigenvalue weighted by atomic mass is 10.1. The fraction of sp³-hybridized carbons (Fsp3) is 0.200. The molecule has 138 valence electrons. The molecule has 2 amide bonds. The summed E-state index contributed by atoms with van der Waals surface area (Å²) < 4.78 is 13.3. The average molecular weight is 387 g/mol. The highest BCUT2D eigenvalue weighted by Crippen LogP contribution is 2.26. The lowest BCUT2D eigenvalue weighted by Gasteiger charge is -2.14. The third-order valence-corrected chi connectivity index (χ3v) is 5.17. The number of H-pyrrole nitrogens is 1. The van der Waals surface area contributed by atoms with E-state index < -0.39 is 11.9 Å². The molecule has 3 N–H and O–H groups in total. The Morgan fingerprint density at radius 3 is 2.85 bits per heavy atom. The predicted octanol–water partition coefficient (Wildman–Crippen LogP) is 2.40. The van der Waals surface area contributed by atoms with Gasteiger partial charge in [-0.05, 0) is 29.8 Å². The first-order chi connectivity index (χ1) is 13.0. The van der Waals surface area contributed by atoms with E-state index in [0.29, 0.717) is 12.2 Å². The molecule has 2 aromatic carbocycles. The lowest BCUT2D eigenvalue weighted by Crippen LogP contribution is -2.92. The second-order valence-corrected chi connectivity index (χ2v) is 7.02. The number of benzene rings is 2. The number of hydrogen-bond donors (Lipinski definition) is 2. The third-order valence-electron chi connectivity index (χ3n) is 4.88. The maximum absolute atomic E-state index is 13.3. The van der Waals surface area contributed by atoms with E-state index in [0.717, 1.165) is 22.9 Å². The number of carbonyl (C=O) groups excluding carboxylic acids is 2. The van der Waals surface area contributed by atoms with Gasteiger partial charge in [-0.3, -0.25) is 9.59 Å². The number of fused-ring (bicyclic) bond motifs is 1. The first kappa shape index (κ1) is 17.7. The number of quaternary nitrogens is 1. The van der Waals surface area contributed by atoms with Gasteiger partial charge in [0.25, 0.3) is 5.91 Å². The van der Waals surface area contributed by atoms with Gasteiger partial charge in [-0.1, -0.05) is 29.8 Å². The molecule has 1 aliphatic rings. The molecular weight excluding hydrogens is 369 g/mol. The van der Waals surface area contributed by atoms with Crippen molar-refractivity contribution in [2.45, 2.75) is 18.9 Å². The van der Waals surface area contributed by atoms with Crippen LogP contribution in [0.3, 0.4) is 0 Å². The average Bonchev–Trinajstić information content (AvgIpc) is 3.19. The van der Waals surface area contributed by atoms with Crippen LogP contribution < -0.4 is 10.2 Å². The standard InChI is InChI=1S/C20H17ClFN3O2/c21-15-9-13(5-6-16(15)22)25-19(26)10-18(20(25)27)23-8-7-12-11-24-17-4-2-1-3-14(12)17/h1-6,9,11,18,23-24H,7-8,10H2/p+1/t18-/m0/s1. The molecule has 1 saturated heterocycles. The van der Waals surface area contributed by atoms with E-state index >= 15 is 0 Å². The molecule has 7 heteroatoms. The van der Waals surface area contributed by atoms with Gasteiger partial charge in [0.15, 0.2) is 6.04 Å². The van der Waals surface area contributed by atoms with Crippen LogP contribution in [0.15, 0.2) is 48.7 Å². The SMILES string of the molecule is O=C1C[C@H]([NH2+]CCc2c[nH]c3ccccc23)C(=O)N1c1ccc(F)c(Cl)c1. The van der Waals surface area contributed by atoms with Crippen molar-refractivity contribution >= 4 is 40.0 Å². The Bertz CT molecular complexity index is 1030. The first-order valence-electron chi connectivity index (χ1n) is 8.75. The zero-order valence-corrected chi connectivity index (χ0v) is 15.2. The van der Waals surface area contributed by atoms with Crippen molar-refractivity contribution in [2.75, 3.05) is 11.4 Å². The van der Waals surface area contributed by atoms with Gasteiger partial charge in [0.1, 0.15) is 5.82 Å². The van der Waals surface area contributed by atoms with Gasteiger partial charge in [0.2, 0.25) is 5.91 Å². The molecule has 0 unspecified atom stereocenters. The maximum atomic E-state index is 13.3. The van der Waals surface area contributed by atoms with Crippen molar-refractivity contribution in [1.82, 2.24) is 4.98 Å². The summed E-state index contributed by atoms with van der Waals surface area (Å²) in [6.07, 6.45) is 2.89. The highest BCUT2D eigenvalue weighted by molar-refractivity contribution is 6.31. The number of nitrogens with one attached hydrogen (secondary N) is 1. The van der Waals surface area contributed by atoms with Crippen LogP contribution in [-0.4, -0.2) is 29.4 Å². The van der Waals surface area contributed by atoms with Gasteiger partial charge in [-0.15, -0.1) is 0 Å². The van der Waals surface area contributed by atoms with E-state index in [9.17, 15) is 14.0 Å². The third kappa shape index (κ3) is 3.34. The Morgan fingerprint density at radius 1 is 1.22 bits per heavy atom. The van der Waals surface area contributed by atoms with Gasteiger partial charge in [0, 0.05) is 23.5 Å². The van der Waals surface area contributed by atoms with Crippen LogP contribution in [0.1, 0.15) is 12.0 Å². The molecule has 1 aliphatic heterocycles. The van der Waals surface area contributed by atoms with Crippen molar-refractivity contribution < 1.29 is 19.3 Å². The minimum absolute atomic E-state index is 0.111. The minimum atomic E-state index is -0.582. The number of carbonyl (C=O) groups is 2. The number of aromatic amines is 1. The summed E-state index contributed by atoms with van der Waals surface area (Å²) in [6, 6.07) is 11.5. The lowest BCUT2D eigenvalue weighted by molar-refractivity contribution is -0.674. The van der Waals surface area contributed by atoms with Gasteiger partial charge in [-0.25, -0.2) is 9.29 Å². The Morgan fingerprint density at radius 2 is 2.04 bits per heavy atom. The molecule has 0 spiro atoms. The van der Waals surface area contributed by atoms with Gasteiger partial charge >= 0.3 is 0 Å². The Kier molecular flexibility index (Phi) is 4.68. The Balaban J connectivity index is 1.42. The minimum Gasteiger partial charge on any atom is -0.361 e. The number of amides is 2. The summed E-state index contributed by atoms with van der Waals surface area (Å²) in [7, 11) is 0. The van der Waals surface area contributed by atoms with E-state index in [1.807, 2.05) is 29.7 Å². The summed E-state index contributed by atoms with van der Waals surface area (Å²) in [6.45, 7) is 0.684. The fourth-order valence-electron chi connectivity index (χ4n) is 3.51. The van der Waals surface area contributed by atoms with E-state index in [1.165, 1.54) is 23.1 Å². The molecule has 3 aromatic rings. The van der Waals surface area contributed by atoms with E-state index in [-0.39, 0.29) is 23.3 Å². The maximum Gasteiger partial charge on any atom is 0.292 e. The van der Waals surface area contributed by atoms with E-state index in [2.05, 4.69) is 11.1 Å². The quantitative estimate of drug-likeness (QED) is 0.661. The number of nitrogens with two attached hydrogens (primary N) is 1. The smallest absolute Gasteiger partial charge is 0.292 e. The highest BCUT2D eigenvalue weighted by atomic mass is 35.5. The summed E-state index contributed by atoms with van der Waals surface area (Å²) in [5.41, 5.74) is 2.57. The van der Waals surface area contributed by atoms with Crippen molar-refractivity contribution in [1.29, 1.82) is 0 Å². The Hall–Kier alpha value is -2.70. The topological polar surface area (TPSA) is 69.8 Å². The zero-order valence-electron chi connectivity index (χ0n) is 14.4. The molecule has 2 heterocycles. The molecule has 27 heavy (non-hydrogen) atoms. The van der Waals surface area contributed by atoms with Gasteiger partial charge in [0.05, 0.1) is 23.7 Å². The summed E-state index contributed by atoms with van der Waals surface area (Å²) in [5, 5.41) is 2.95. The highest BCUT2D eigenvalue weighted by Gasteiger charge is 2.42. The second-order valence-electron chi connectivity index (χ2n) is 6.61.